The fraction of sp³-hybridized carbons (Fsp3) is 1.00. The van der Waals surface area contributed by atoms with E-state index in [0.29, 0.717) is 19.6 Å². The van der Waals surface area contributed by atoms with E-state index in [4.69, 9.17) is 14.9 Å². The van der Waals surface area contributed by atoms with Gasteiger partial charge in [0.1, 0.15) is 0 Å². The van der Waals surface area contributed by atoms with Gasteiger partial charge < -0.3 is 20.1 Å². The second-order valence-electron chi connectivity index (χ2n) is 2.86. The third-order valence-corrected chi connectivity index (χ3v) is 1.66. The Bertz CT molecular complexity index is 106. The van der Waals surface area contributed by atoms with E-state index >= 15 is 0 Å². The molecule has 0 aromatic heterocycles. The average Bonchev–Trinajstić information content (AvgIpc) is 2.05. The van der Waals surface area contributed by atoms with Gasteiger partial charge in [-0.25, -0.2) is 0 Å². The van der Waals surface area contributed by atoms with Gasteiger partial charge in [0, 0.05) is 26.7 Å². The highest BCUT2D eigenvalue weighted by atomic mass is 16.5. The zero-order chi connectivity index (χ0) is 10.1. The van der Waals surface area contributed by atoms with Crippen molar-refractivity contribution in [3.63, 3.8) is 0 Å². The van der Waals surface area contributed by atoms with Gasteiger partial charge in [-0.1, -0.05) is 0 Å². The summed E-state index contributed by atoms with van der Waals surface area (Å²) in [4.78, 5) is 1.78. The van der Waals surface area contributed by atoms with E-state index in [9.17, 15) is 5.11 Å². The second kappa shape index (κ2) is 8.40. The Morgan fingerprint density at radius 1 is 1.23 bits per heavy atom. The second-order valence-corrected chi connectivity index (χ2v) is 2.86. The van der Waals surface area contributed by atoms with Gasteiger partial charge in [0.05, 0.1) is 25.9 Å². The van der Waals surface area contributed by atoms with Crippen LogP contribution in [-0.4, -0.2) is 72.9 Å². The number of methoxy groups -OCH3 is 1. The Labute approximate surface area is 78.5 Å². The zero-order valence-corrected chi connectivity index (χ0v) is 8.02. The largest absolute Gasteiger partial charge is 0.395 e. The van der Waals surface area contributed by atoms with Crippen LogP contribution in [0.25, 0.3) is 0 Å². The smallest absolute Gasteiger partial charge is 0.0900 e. The summed E-state index contributed by atoms with van der Waals surface area (Å²) >= 11 is 0. The van der Waals surface area contributed by atoms with Crippen molar-refractivity contribution in [3.05, 3.63) is 0 Å². The SMILES string of the molecule is COCC(O)CN(CCO)CCO. The molecular weight excluding hydrogens is 174 g/mol. The topological polar surface area (TPSA) is 73.2 Å². The molecule has 0 spiro atoms. The molecule has 3 N–H and O–H groups in total. The van der Waals surface area contributed by atoms with Crippen molar-refractivity contribution in [2.45, 2.75) is 6.10 Å². The Balaban J connectivity index is 3.64. The van der Waals surface area contributed by atoms with Crippen molar-refractivity contribution in [3.8, 4) is 0 Å². The van der Waals surface area contributed by atoms with Crippen LogP contribution in [0.2, 0.25) is 0 Å². The normalized spacial score (nSPS) is 13.6. The molecule has 0 aliphatic heterocycles. The molecule has 0 aromatic carbocycles. The lowest BCUT2D eigenvalue weighted by Gasteiger charge is -2.22. The minimum absolute atomic E-state index is 0.0275. The van der Waals surface area contributed by atoms with E-state index in [1.54, 1.807) is 4.90 Å². The molecule has 0 rings (SSSR count). The Kier molecular flexibility index (Phi) is 8.27. The minimum atomic E-state index is -0.567. The van der Waals surface area contributed by atoms with E-state index < -0.39 is 6.10 Å². The van der Waals surface area contributed by atoms with Gasteiger partial charge in [0.25, 0.3) is 0 Å². The lowest BCUT2D eigenvalue weighted by Crippen LogP contribution is -2.38. The third-order valence-electron chi connectivity index (χ3n) is 1.66. The molecule has 0 aromatic rings. The van der Waals surface area contributed by atoms with Crippen molar-refractivity contribution in [1.29, 1.82) is 0 Å². The molecule has 0 bridgehead atoms. The van der Waals surface area contributed by atoms with Crippen molar-refractivity contribution in [2.24, 2.45) is 0 Å². The van der Waals surface area contributed by atoms with Gasteiger partial charge in [0.2, 0.25) is 0 Å². The van der Waals surface area contributed by atoms with Crippen LogP contribution in [0, 0.1) is 0 Å². The molecule has 1 atom stereocenters. The Morgan fingerprint density at radius 2 is 1.77 bits per heavy atom. The first-order chi connectivity index (χ1) is 6.24. The average molecular weight is 193 g/mol. The lowest BCUT2D eigenvalue weighted by atomic mass is 10.3. The number of ether oxygens (including phenoxy) is 1. The van der Waals surface area contributed by atoms with Gasteiger partial charge in [-0.2, -0.15) is 0 Å². The van der Waals surface area contributed by atoms with Crippen LogP contribution in [0.3, 0.4) is 0 Å². The molecule has 0 amide bonds. The van der Waals surface area contributed by atoms with E-state index in [1.165, 1.54) is 7.11 Å². The van der Waals surface area contributed by atoms with Crippen molar-refractivity contribution in [2.75, 3.05) is 46.6 Å². The van der Waals surface area contributed by atoms with E-state index in [2.05, 4.69) is 0 Å². The maximum Gasteiger partial charge on any atom is 0.0900 e. The van der Waals surface area contributed by atoms with Crippen molar-refractivity contribution < 1.29 is 20.1 Å². The Morgan fingerprint density at radius 3 is 2.15 bits per heavy atom. The van der Waals surface area contributed by atoms with Crippen LogP contribution in [-0.2, 0) is 4.74 Å². The monoisotopic (exact) mass is 193 g/mol. The summed E-state index contributed by atoms with van der Waals surface area (Å²) in [6, 6.07) is 0. The molecule has 13 heavy (non-hydrogen) atoms. The predicted molar refractivity (Wildman–Crippen MR) is 48.5 cm³/mol. The molecule has 5 heteroatoms. The molecule has 0 radical (unpaired) electrons. The highest BCUT2D eigenvalue weighted by Gasteiger charge is 2.10. The molecule has 0 saturated carbocycles. The van der Waals surface area contributed by atoms with Crippen LogP contribution < -0.4 is 0 Å². The van der Waals surface area contributed by atoms with Crippen LogP contribution in [0.4, 0.5) is 0 Å². The van der Waals surface area contributed by atoms with Gasteiger partial charge in [-0.05, 0) is 0 Å². The highest BCUT2D eigenvalue weighted by molar-refractivity contribution is 4.63. The van der Waals surface area contributed by atoms with E-state index in [0.717, 1.165) is 0 Å². The molecule has 0 aliphatic carbocycles. The first-order valence-corrected chi connectivity index (χ1v) is 4.35. The Hall–Kier alpha value is -0.200. The number of nitrogens with zero attached hydrogens (tertiary/aromatic N) is 1. The van der Waals surface area contributed by atoms with Crippen LogP contribution in [0.5, 0.6) is 0 Å². The number of aliphatic hydroxyl groups is 3. The number of hydrogen-bond acceptors (Lipinski definition) is 5. The van der Waals surface area contributed by atoms with Gasteiger partial charge >= 0.3 is 0 Å². The first kappa shape index (κ1) is 12.8. The van der Waals surface area contributed by atoms with E-state index in [1.807, 2.05) is 0 Å². The highest BCUT2D eigenvalue weighted by Crippen LogP contribution is 1.92. The quantitative estimate of drug-likeness (QED) is 0.428. The van der Waals surface area contributed by atoms with Crippen molar-refractivity contribution >= 4 is 0 Å². The summed E-state index contributed by atoms with van der Waals surface area (Å²) in [5, 5.41) is 26.7. The summed E-state index contributed by atoms with van der Waals surface area (Å²) in [5.74, 6) is 0. The van der Waals surface area contributed by atoms with Crippen molar-refractivity contribution in [1.82, 2.24) is 4.90 Å². The molecule has 1 unspecified atom stereocenters. The first-order valence-electron chi connectivity index (χ1n) is 4.35. The van der Waals surface area contributed by atoms with Gasteiger partial charge in [0.15, 0.2) is 0 Å². The zero-order valence-electron chi connectivity index (χ0n) is 8.02. The fourth-order valence-corrected chi connectivity index (χ4v) is 1.12. The lowest BCUT2D eigenvalue weighted by molar-refractivity contribution is 0.0299. The maximum atomic E-state index is 9.34. The summed E-state index contributed by atoms with van der Waals surface area (Å²) in [5.41, 5.74) is 0. The van der Waals surface area contributed by atoms with E-state index in [-0.39, 0.29) is 19.8 Å². The van der Waals surface area contributed by atoms with Gasteiger partial charge in [-0.15, -0.1) is 0 Å². The van der Waals surface area contributed by atoms with Crippen LogP contribution in [0.15, 0.2) is 0 Å². The molecular formula is C8H19NO4. The summed E-state index contributed by atoms with van der Waals surface area (Å²) < 4.78 is 4.76. The molecule has 0 fully saturated rings. The minimum Gasteiger partial charge on any atom is -0.395 e. The predicted octanol–water partition coefficient (Wildman–Crippen LogP) is -1.72. The molecule has 5 nitrogen and oxygen atoms in total. The molecule has 0 aliphatic rings. The summed E-state index contributed by atoms with van der Waals surface area (Å²) in [6.45, 7) is 1.66. The van der Waals surface area contributed by atoms with Crippen LogP contribution in [0.1, 0.15) is 0 Å². The summed E-state index contributed by atoms with van der Waals surface area (Å²) in [6.07, 6.45) is -0.567. The standard InChI is InChI=1S/C8H19NO4/c1-13-7-8(12)6-9(2-4-10)3-5-11/h8,10-12H,2-7H2,1H3. The maximum absolute atomic E-state index is 9.34. The van der Waals surface area contributed by atoms with Crippen LogP contribution >= 0.6 is 0 Å². The fourth-order valence-electron chi connectivity index (χ4n) is 1.12. The number of rotatable bonds is 8. The molecule has 0 heterocycles. The molecule has 0 saturated heterocycles. The third kappa shape index (κ3) is 6.92. The molecule has 80 valence electrons. The summed E-state index contributed by atoms with van der Waals surface area (Å²) in [7, 11) is 1.52. The van der Waals surface area contributed by atoms with Gasteiger partial charge in [-0.3, -0.25) is 4.90 Å². The number of hydrogen-bond donors (Lipinski definition) is 3. The number of aliphatic hydroxyl groups excluding tert-OH is 3.